The highest BCUT2D eigenvalue weighted by atomic mass is 15.2. The van der Waals surface area contributed by atoms with Crippen LogP contribution in [0.1, 0.15) is 18.2 Å². The standard InChI is InChI=1S/C11H16N2/c1-5-10-7-8-11(12-9(10)3)13(4)6-2/h5,7-8H,1,6H2,2-4H3. The van der Waals surface area contributed by atoms with Crippen LogP contribution >= 0.6 is 0 Å². The second kappa shape index (κ2) is 4.08. The number of pyridine rings is 1. The second-order valence-electron chi connectivity index (χ2n) is 3.06. The van der Waals surface area contributed by atoms with Crippen molar-refractivity contribution in [2.24, 2.45) is 0 Å². The molecule has 0 spiro atoms. The molecule has 0 amide bonds. The quantitative estimate of drug-likeness (QED) is 0.703. The van der Waals surface area contributed by atoms with Crippen molar-refractivity contribution in [1.82, 2.24) is 4.98 Å². The van der Waals surface area contributed by atoms with Gasteiger partial charge in [0.05, 0.1) is 0 Å². The van der Waals surface area contributed by atoms with Crippen LogP contribution in [0.2, 0.25) is 0 Å². The van der Waals surface area contributed by atoms with Crippen LogP contribution in [0.4, 0.5) is 5.82 Å². The predicted octanol–water partition coefficient (Wildman–Crippen LogP) is 2.49. The Morgan fingerprint density at radius 2 is 2.23 bits per heavy atom. The fourth-order valence-corrected chi connectivity index (χ4v) is 1.15. The van der Waals surface area contributed by atoms with Gasteiger partial charge in [-0.05, 0) is 31.5 Å². The highest BCUT2D eigenvalue weighted by molar-refractivity contribution is 5.53. The topological polar surface area (TPSA) is 16.1 Å². The number of hydrogen-bond acceptors (Lipinski definition) is 2. The van der Waals surface area contributed by atoms with E-state index in [9.17, 15) is 0 Å². The summed E-state index contributed by atoms with van der Waals surface area (Å²) in [6, 6.07) is 4.07. The zero-order valence-corrected chi connectivity index (χ0v) is 8.54. The summed E-state index contributed by atoms with van der Waals surface area (Å²) in [5, 5.41) is 0. The van der Waals surface area contributed by atoms with E-state index >= 15 is 0 Å². The van der Waals surface area contributed by atoms with E-state index in [4.69, 9.17) is 0 Å². The Morgan fingerprint density at radius 3 is 2.69 bits per heavy atom. The van der Waals surface area contributed by atoms with Gasteiger partial charge in [0.1, 0.15) is 5.82 Å². The maximum atomic E-state index is 4.47. The van der Waals surface area contributed by atoms with Gasteiger partial charge in [-0.25, -0.2) is 4.98 Å². The molecule has 0 aliphatic carbocycles. The summed E-state index contributed by atoms with van der Waals surface area (Å²) in [4.78, 5) is 6.58. The van der Waals surface area contributed by atoms with E-state index in [1.807, 2.05) is 26.1 Å². The summed E-state index contributed by atoms with van der Waals surface area (Å²) in [5.74, 6) is 1.02. The van der Waals surface area contributed by atoms with Crippen molar-refractivity contribution in [2.45, 2.75) is 13.8 Å². The summed E-state index contributed by atoms with van der Waals surface area (Å²) < 4.78 is 0. The van der Waals surface area contributed by atoms with E-state index < -0.39 is 0 Å². The van der Waals surface area contributed by atoms with E-state index in [1.165, 1.54) is 0 Å². The van der Waals surface area contributed by atoms with Gasteiger partial charge in [-0.15, -0.1) is 0 Å². The molecule has 70 valence electrons. The van der Waals surface area contributed by atoms with Crippen LogP contribution in [-0.2, 0) is 0 Å². The SMILES string of the molecule is C=Cc1ccc(N(C)CC)nc1C. The lowest BCUT2D eigenvalue weighted by Gasteiger charge is -2.16. The number of anilines is 1. The Balaban J connectivity index is 3.02. The molecule has 13 heavy (non-hydrogen) atoms. The van der Waals surface area contributed by atoms with Crippen LogP contribution < -0.4 is 4.90 Å². The van der Waals surface area contributed by atoms with Gasteiger partial charge in [0.15, 0.2) is 0 Å². The Labute approximate surface area is 79.9 Å². The molecule has 0 aliphatic heterocycles. The molecular weight excluding hydrogens is 160 g/mol. The zero-order chi connectivity index (χ0) is 9.84. The maximum absolute atomic E-state index is 4.47. The van der Waals surface area contributed by atoms with Gasteiger partial charge in [-0.3, -0.25) is 0 Å². The molecule has 1 aromatic heterocycles. The molecular formula is C11H16N2. The number of aryl methyl sites for hydroxylation is 1. The Bertz CT molecular complexity index is 305. The normalized spacial score (nSPS) is 9.77. The van der Waals surface area contributed by atoms with E-state index in [1.54, 1.807) is 0 Å². The second-order valence-corrected chi connectivity index (χ2v) is 3.06. The van der Waals surface area contributed by atoms with E-state index in [-0.39, 0.29) is 0 Å². The third-order valence-electron chi connectivity index (χ3n) is 2.20. The molecule has 0 unspecified atom stereocenters. The predicted molar refractivity (Wildman–Crippen MR) is 58.0 cm³/mol. The summed E-state index contributed by atoms with van der Waals surface area (Å²) >= 11 is 0. The third-order valence-corrected chi connectivity index (χ3v) is 2.20. The fourth-order valence-electron chi connectivity index (χ4n) is 1.15. The number of aromatic nitrogens is 1. The summed E-state index contributed by atoms with van der Waals surface area (Å²) in [6.07, 6.45) is 1.83. The highest BCUT2D eigenvalue weighted by Gasteiger charge is 2.01. The van der Waals surface area contributed by atoms with E-state index in [0.29, 0.717) is 0 Å². The molecule has 0 saturated carbocycles. The van der Waals surface area contributed by atoms with Crippen molar-refractivity contribution in [3.05, 3.63) is 30.0 Å². The molecule has 1 heterocycles. The first kappa shape index (κ1) is 9.78. The minimum absolute atomic E-state index is 0.972. The van der Waals surface area contributed by atoms with E-state index in [0.717, 1.165) is 23.6 Å². The smallest absolute Gasteiger partial charge is 0.128 e. The lowest BCUT2D eigenvalue weighted by atomic mass is 10.2. The van der Waals surface area contributed by atoms with Crippen LogP contribution in [0.25, 0.3) is 6.08 Å². The molecule has 0 aliphatic rings. The summed E-state index contributed by atoms with van der Waals surface area (Å²) in [7, 11) is 2.04. The van der Waals surface area contributed by atoms with E-state index in [2.05, 4.69) is 29.5 Å². The molecule has 2 nitrogen and oxygen atoms in total. The number of hydrogen-bond donors (Lipinski definition) is 0. The average Bonchev–Trinajstić information content (AvgIpc) is 2.16. The maximum Gasteiger partial charge on any atom is 0.128 e. The molecule has 0 N–H and O–H groups in total. The highest BCUT2D eigenvalue weighted by Crippen LogP contribution is 2.13. The molecule has 0 atom stereocenters. The zero-order valence-electron chi connectivity index (χ0n) is 8.54. The van der Waals surface area contributed by atoms with Crippen molar-refractivity contribution >= 4 is 11.9 Å². The third kappa shape index (κ3) is 2.08. The molecule has 0 saturated heterocycles. The van der Waals surface area contributed by atoms with Crippen molar-refractivity contribution in [3.63, 3.8) is 0 Å². The lowest BCUT2D eigenvalue weighted by Crippen LogP contribution is -2.17. The molecule has 0 aromatic carbocycles. The molecule has 0 bridgehead atoms. The summed E-state index contributed by atoms with van der Waals surface area (Å²) in [5.41, 5.74) is 2.14. The van der Waals surface area contributed by atoms with Gasteiger partial charge in [-0.1, -0.05) is 12.7 Å². The van der Waals surface area contributed by atoms with Crippen molar-refractivity contribution < 1.29 is 0 Å². The van der Waals surface area contributed by atoms with Gasteiger partial charge in [-0.2, -0.15) is 0 Å². The number of rotatable bonds is 3. The van der Waals surface area contributed by atoms with Crippen molar-refractivity contribution in [1.29, 1.82) is 0 Å². The largest absolute Gasteiger partial charge is 0.360 e. The first-order valence-corrected chi connectivity index (χ1v) is 4.50. The minimum atomic E-state index is 0.972. The first-order valence-electron chi connectivity index (χ1n) is 4.50. The van der Waals surface area contributed by atoms with Gasteiger partial charge < -0.3 is 4.90 Å². The van der Waals surface area contributed by atoms with Crippen molar-refractivity contribution in [2.75, 3.05) is 18.5 Å². The van der Waals surface area contributed by atoms with Crippen molar-refractivity contribution in [3.8, 4) is 0 Å². The number of nitrogens with zero attached hydrogens (tertiary/aromatic N) is 2. The molecule has 2 heteroatoms. The van der Waals surface area contributed by atoms with Gasteiger partial charge >= 0.3 is 0 Å². The molecule has 0 radical (unpaired) electrons. The summed E-state index contributed by atoms with van der Waals surface area (Å²) in [6.45, 7) is 8.82. The Morgan fingerprint density at radius 1 is 1.54 bits per heavy atom. The Kier molecular flexibility index (Phi) is 3.07. The molecule has 1 aromatic rings. The van der Waals surface area contributed by atoms with Crippen LogP contribution in [-0.4, -0.2) is 18.6 Å². The Hall–Kier alpha value is -1.31. The van der Waals surface area contributed by atoms with Crippen LogP contribution in [0.15, 0.2) is 18.7 Å². The minimum Gasteiger partial charge on any atom is -0.360 e. The molecule has 1 rings (SSSR count). The lowest BCUT2D eigenvalue weighted by molar-refractivity contribution is 0.930. The van der Waals surface area contributed by atoms with Crippen LogP contribution in [0.5, 0.6) is 0 Å². The van der Waals surface area contributed by atoms with Crippen LogP contribution in [0, 0.1) is 6.92 Å². The fraction of sp³-hybridized carbons (Fsp3) is 0.364. The van der Waals surface area contributed by atoms with Gasteiger partial charge in [0.2, 0.25) is 0 Å². The first-order chi connectivity index (χ1) is 6.19. The van der Waals surface area contributed by atoms with Gasteiger partial charge in [0, 0.05) is 19.3 Å². The monoisotopic (exact) mass is 176 g/mol. The van der Waals surface area contributed by atoms with Crippen LogP contribution in [0.3, 0.4) is 0 Å². The van der Waals surface area contributed by atoms with Gasteiger partial charge in [0.25, 0.3) is 0 Å². The molecule has 0 fully saturated rings. The average molecular weight is 176 g/mol.